The molecule has 1 aromatic rings. The molecule has 4 nitrogen and oxygen atoms in total. The van der Waals surface area contributed by atoms with Gasteiger partial charge in [0.25, 0.3) is 0 Å². The van der Waals surface area contributed by atoms with Crippen LogP contribution in [0.1, 0.15) is 6.92 Å². The fraction of sp³-hybridized carbons (Fsp3) is 0.300. The Labute approximate surface area is 82.4 Å². The largest absolute Gasteiger partial charge is 0.493 e. The standard InChI is InChI=1S/C10H12O4/c1-7(11)14-8-4-5-9(12-2)10(6-8)13-3/h4-6H,1-3H3. The average molecular weight is 196 g/mol. The molecule has 0 saturated heterocycles. The van der Waals surface area contributed by atoms with E-state index in [2.05, 4.69) is 0 Å². The number of esters is 1. The number of carbonyl (C=O) groups excluding carboxylic acids is 1. The maximum Gasteiger partial charge on any atom is 0.308 e. The van der Waals surface area contributed by atoms with Gasteiger partial charge in [0.1, 0.15) is 5.75 Å². The van der Waals surface area contributed by atoms with E-state index in [1.54, 1.807) is 25.3 Å². The number of rotatable bonds is 3. The molecule has 0 aliphatic carbocycles. The summed E-state index contributed by atoms with van der Waals surface area (Å²) in [5.41, 5.74) is 0. The number of ether oxygens (including phenoxy) is 3. The minimum atomic E-state index is -0.364. The second kappa shape index (κ2) is 4.50. The first-order valence-corrected chi connectivity index (χ1v) is 4.08. The van der Waals surface area contributed by atoms with Crippen LogP contribution in [0.4, 0.5) is 0 Å². The van der Waals surface area contributed by atoms with Crippen molar-refractivity contribution in [1.82, 2.24) is 0 Å². The maximum absolute atomic E-state index is 10.7. The minimum Gasteiger partial charge on any atom is -0.493 e. The monoisotopic (exact) mass is 196 g/mol. The second-order valence-electron chi connectivity index (χ2n) is 2.61. The molecule has 4 heteroatoms. The van der Waals surface area contributed by atoms with E-state index in [0.29, 0.717) is 17.2 Å². The molecule has 1 rings (SSSR count). The highest BCUT2D eigenvalue weighted by Crippen LogP contribution is 2.30. The molecule has 0 aliphatic rings. The van der Waals surface area contributed by atoms with Crippen LogP contribution in [0.5, 0.6) is 17.2 Å². The minimum absolute atomic E-state index is 0.364. The van der Waals surface area contributed by atoms with Gasteiger partial charge in [-0.05, 0) is 12.1 Å². The molecule has 1 aromatic carbocycles. The zero-order valence-corrected chi connectivity index (χ0v) is 8.37. The quantitative estimate of drug-likeness (QED) is 0.544. The Morgan fingerprint density at radius 3 is 2.29 bits per heavy atom. The SMILES string of the molecule is COc1ccc(OC(C)=O)cc1OC. The average Bonchev–Trinajstić information content (AvgIpc) is 2.16. The van der Waals surface area contributed by atoms with Crippen molar-refractivity contribution in [3.05, 3.63) is 18.2 Å². The molecule has 0 fully saturated rings. The van der Waals surface area contributed by atoms with Gasteiger partial charge in [0.2, 0.25) is 0 Å². The van der Waals surface area contributed by atoms with E-state index >= 15 is 0 Å². The second-order valence-corrected chi connectivity index (χ2v) is 2.61. The number of carbonyl (C=O) groups is 1. The molecule has 0 unspecified atom stereocenters. The van der Waals surface area contributed by atoms with E-state index < -0.39 is 0 Å². The Kier molecular flexibility index (Phi) is 3.34. The molecule has 0 N–H and O–H groups in total. The van der Waals surface area contributed by atoms with Gasteiger partial charge < -0.3 is 14.2 Å². The fourth-order valence-electron chi connectivity index (χ4n) is 1.05. The van der Waals surface area contributed by atoms with Crippen molar-refractivity contribution in [1.29, 1.82) is 0 Å². The Balaban J connectivity index is 2.95. The topological polar surface area (TPSA) is 44.8 Å². The predicted octanol–water partition coefficient (Wildman–Crippen LogP) is 1.63. The zero-order chi connectivity index (χ0) is 10.6. The van der Waals surface area contributed by atoms with Crippen molar-refractivity contribution in [2.75, 3.05) is 14.2 Å². The lowest BCUT2D eigenvalue weighted by atomic mass is 10.3. The van der Waals surface area contributed by atoms with E-state index in [9.17, 15) is 4.79 Å². The molecule has 0 atom stereocenters. The van der Waals surface area contributed by atoms with Gasteiger partial charge in [-0.2, -0.15) is 0 Å². The Morgan fingerprint density at radius 1 is 1.14 bits per heavy atom. The van der Waals surface area contributed by atoms with Gasteiger partial charge >= 0.3 is 5.97 Å². The van der Waals surface area contributed by atoms with Crippen molar-refractivity contribution in [2.45, 2.75) is 6.92 Å². The lowest BCUT2D eigenvalue weighted by molar-refractivity contribution is -0.131. The molecule has 0 heterocycles. The molecule has 0 amide bonds. The van der Waals surface area contributed by atoms with Gasteiger partial charge in [-0.3, -0.25) is 4.79 Å². The molecule has 0 radical (unpaired) electrons. The highest BCUT2D eigenvalue weighted by molar-refractivity contribution is 5.69. The Morgan fingerprint density at radius 2 is 1.79 bits per heavy atom. The molecular weight excluding hydrogens is 184 g/mol. The van der Waals surface area contributed by atoms with Crippen molar-refractivity contribution < 1.29 is 19.0 Å². The van der Waals surface area contributed by atoms with E-state index in [1.807, 2.05) is 0 Å². The first-order chi connectivity index (χ1) is 6.67. The number of benzene rings is 1. The van der Waals surface area contributed by atoms with Gasteiger partial charge in [-0.1, -0.05) is 0 Å². The summed E-state index contributed by atoms with van der Waals surface area (Å²) in [5, 5.41) is 0. The molecule has 14 heavy (non-hydrogen) atoms. The van der Waals surface area contributed by atoms with Crippen molar-refractivity contribution >= 4 is 5.97 Å². The van der Waals surface area contributed by atoms with Crippen LogP contribution < -0.4 is 14.2 Å². The van der Waals surface area contributed by atoms with Crippen LogP contribution in [-0.4, -0.2) is 20.2 Å². The highest BCUT2D eigenvalue weighted by Gasteiger charge is 2.06. The van der Waals surface area contributed by atoms with Crippen LogP contribution in [0, 0.1) is 0 Å². The Hall–Kier alpha value is -1.71. The first-order valence-electron chi connectivity index (χ1n) is 4.08. The third kappa shape index (κ3) is 2.39. The van der Waals surface area contributed by atoms with Crippen molar-refractivity contribution in [3.63, 3.8) is 0 Å². The first kappa shape index (κ1) is 10.4. The van der Waals surface area contributed by atoms with E-state index in [4.69, 9.17) is 14.2 Å². The van der Waals surface area contributed by atoms with Crippen LogP contribution in [0.15, 0.2) is 18.2 Å². The lowest BCUT2D eigenvalue weighted by Gasteiger charge is -2.08. The van der Waals surface area contributed by atoms with Gasteiger partial charge in [0.05, 0.1) is 14.2 Å². The summed E-state index contributed by atoms with van der Waals surface area (Å²) in [6.07, 6.45) is 0. The number of methoxy groups -OCH3 is 2. The summed E-state index contributed by atoms with van der Waals surface area (Å²) in [6.45, 7) is 1.34. The smallest absolute Gasteiger partial charge is 0.308 e. The molecule has 0 saturated carbocycles. The summed E-state index contributed by atoms with van der Waals surface area (Å²) in [5.74, 6) is 1.21. The third-order valence-corrected chi connectivity index (χ3v) is 1.62. The summed E-state index contributed by atoms with van der Waals surface area (Å²) in [4.78, 5) is 10.7. The van der Waals surface area contributed by atoms with Crippen molar-refractivity contribution in [3.8, 4) is 17.2 Å². The third-order valence-electron chi connectivity index (χ3n) is 1.62. The summed E-state index contributed by atoms with van der Waals surface area (Å²) >= 11 is 0. The molecule has 0 aromatic heterocycles. The van der Waals surface area contributed by atoms with Gasteiger partial charge in [0, 0.05) is 13.0 Å². The van der Waals surface area contributed by atoms with Crippen LogP contribution in [0.3, 0.4) is 0 Å². The van der Waals surface area contributed by atoms with Gasteiger partial charge in [-0.15, -0.1) is 0 Å². The predicted molar refractivity (Wildman–Crippen MR) is 50.9 cm³/mol. The van der Waals surface area contributed by atoms with E-state index in [0.717, 1.165) is 0 Å². The highest BCUT2D eigenvalue weighted by atomic mass is 16.5. The van der Waals surface area contributed by atoms with E-state index in [1.165, 1.54) is 14.0 Å². The molecule has 76 valence electrons. The number of hydrogen-bond acceptors (Lipinski definition) is 4. The fourth-order valence-corrected chi connectivity index (χ4v) is 1.05. The molecule has 0 aliphatic heterocycles. The van der Waals surface area contributed by atoms with Gasteiger partial charge in [-0.25, -0.2) is 0 Å². The molecule has 0 spiro atoms. The summed E-state index contributed by atoms with van der Waals surface area (Å²) in [6, 6.07) is 4.92. The van der Waals surface area contributed by atoms with Gasteiger partial charge in [0.15, 0.2) is 11.5 Å². The van der Waals surface area contributed by atoms with Crippen LogP contribution in [-0.2, 0) is 4.79 Å². The maximum atomic E-state index is 10.7. The molecule has 0 bridgehead atoms. The lowest BCUT2D eigenvalue weighted by Crippen LogP contribution is -2.01. The summed E-state index contributed by atoms with van der Waals surface area (Å²) < 4.78 is 15.0. The normalized spacial score (nSPS) is 9.36. The summed E-state index contributed by atoms with van der Waals surface area (Å²) in [7, 11) is 3.07. The zero-order valence-electron chi connectivity index (χ0n) is 8.37. The molecular formula is C10H12O4. The number of hydrogen-bond donors (Lipinski definition) is 0. The van der Waals surface area contributed by atoms with E-state index in [-0.39, 0.29) is 5.97 Å². The van der Waals surface area contributed by atoms with Crippen LogP contribution >= 0.6 is 0 Å². The van der Waals surface area contributed by atoms with Crippen LogP contribution in [0.2, 0.25) is 0 Å². The van der Waals surface area contributed by atoms with Crippen molar-refractivity contribution in [2.24, 2.45) is 0 Å². The van der Waals surface area contributed by atoms with Crippen LogP contribution in [0.25, 0.3) is 0 Å². The Bertz CT molecular complexity index is 333.